The van der Waals surface area contributed by atoms with E-state index >= 15 is 0 Å². The van der Waals surface area contributed by atoms with Crippen molar-refractivity contribution in [3.8, 4) is 39.4 Å². The average molecular weight is 544 g/mol. The summed E-state index contributed by atoms with van der Waals surface area (Å²) in [6.07, 6.45) is 0. The molecule has 0 aliphatic heterocycles. The van der Waals surface area contributed by atoms with Crippen molar-refractivity contribution in [2.75, 3.05) is 0 Å². The van der Waals surface area contributed by atoms with Crippen LogP contribution in [-0.2, 0) is 0 Å². The molecular weight excluding hydrogens is 523 g/mol. The molecule has 0 spiro atoms. The van der Waals surface area contributed by atoms with Gasteiger partial charge >= 0.3 is 0 Å². The molecule has 0 aliphatic rings. The molecule has 0 fully saturated rings. The number of fused-ring (bicyclic) bond motifs is 6. The van der Waals surface area contributed by atoms with Crippen LogP contribution in [0.4, 0.5) is 0 Å². The predicted molar refractivity (Wildman–Crippen MR) is 173 cm³/mol. The maximum Gasteiger partial charge on any atom is 0.0998 e. The summed E-state index contributed by atoms with van der Waals surface area (Å²) in [5.41, 5.74) is 7.38. The molecule has 6 aromatic carbocycles. The van der Waals surface area contributed by atoms with Crippen molar-refractivity contribution in [2.24, 2.45) is 0 Å². The standard InChI is InChI=1S/C37H21NS2/c38-22-25-8-1-2-9-26(25)31-20-23(24-17-19-35-32(21-24)28-10-3-5-13-33(28)39-35)16-18-27(31)29-12-7-15-36-37(29)30-11-4-6-14-34(30)40-36/h1-21H. The van der Waals surface area contributed by atoms with Gasteiger partial charge < -0.3 is 0 Å². The largest absolute Gasteiger partial charge is 0.192 e. The fourth-order valence-corrected chi connectivity index (χ4v) is 8.12. The van der Waals surface area contributed by atoms with Crippen LogP contribution < -0.4 is 0 Å². The van der Waals surface area contributed by atoms with Crippen LogP contribution in [0.2, 0.25) is 0 Å². The van der Waals surface area contributed by atoms with Crippen molar-refractivity contribution >= 4 is 63.0 Å². The van der Waals surface area contributed by atoms with Gasteiger partial charge in [-0.25, -0.2) is 0 Å². The van der Waals surface area contributed by atoms with E-state index in [4.69, 9.17) is 0 Å². The number of rotatable bonds is 3. The molecule has 186 valence electrons. The van der Waals surface area contributed by atoms with Crippen LogP contribution in [0, 0.1) is 11.3 Å². The fourth-order valence-electron chi connectivity index (χ4n) is 5.90. The second kappa shape index (κ2) is 9.17. The van der Waals surface area contributed by atoms with Crippen LogP contribution in [0.25, 0.3) is 73.7 Å². The third kappa shape index (κ3) is 3.58. The van der Waals surface area contributed by atoms with E-state index in [9.17, 15) is 5.26 Å². The average Bonchev–Trinajstić information content (AvgIpc) is 3.59. The Morgan fingerprint density at radius 1 is 0.425 bits per heavy atom. The van der Waals surface area contributed by atoms with Gasteiger partial charge in [0.1, 0.15) is 0 Å². The maximum absolute atomic E-state index is 10.1. The number of thiophene rings is 2. The highest BCUT2D eigenvalue weighted by Crippen LogP contribution is 2.45. The van der Waals surface area contributed by atoms with Crippen molar-refractivity contribution in [1.82, 2.24) is 0 Å². The van der Waals surface area contributed by atoms with Gasteiger partial charge in [-0.15, -0.1) is 22.7 Å². The van der Waals surface area contributed by atoms with Gasteiger partial charge in [0.2, 0.25) is 0 Å². The zero-order valence-electron chi connectivity index (χ0n) is 21.4. The Morgan fingerprint density at radius 2 is 1.05 bits per heavy atom. The summed E-state index contributed by atoms with van der Waals surface area (Å²) in [6, 6.07) is 47.8. The Kier molecular flexibility index (Phi) is 5.31. The number of benzene rings is 6. The topological polar surface area (TPSA) is 23.8 Å². The van der Waals surface area contributed by atoms with Crippen molar-refractivity contribution < 1.29 is 0 Å². The molecule has 40 heavy (non-hydrogen) atoms. The molecular formula is C37H21NS2. The highest BCUT2D eigenvalue weighted by molar-refractivity contribution is 7.26. The van der Waals surface area contributed by atoms with E-state index in [1.54, 1.807) is 0 Å². The van der Waals surface area contributed by atoms with Crippen molar-refractivity contribution in [3.63, 3.8) is 0 Å². The quantitative estimate of drug-likeness (QED) is 0.217. The summed E-state index contributed by atoms with van der Waals surface area (Å²) in [7, 11) is 0. The molecule has 1 nitrogen and oxygen atoms in total. The molecule has 0 aliphatic carbocycles. The highest BCUT2D eigenvalue weighted by Gasteiger charge is 2.17. The molecule has 0 N–H and O–H groups in total. The van der Waals surface area contributed by atoms with Gasteiger partial charge in [-0.05, 0) is 70.3 Å². The first-order chi connectivity index (χ1) is 19.8. The molecule has 0 amide bonds. The molecule has 8 aromatic rings. The van der Waals surface area contributed by atoms with Gasteiger partial charge in [-0.1, -0.05) is 84.9 Å². The van der Waals surface area contributed by atoms with E-state index in [0.717, 1.165) is 22.3 Å². The van der Waals surface area contributed by atoms with E-state index in [2.05, 4.69) is 115 Å². The van der Waals surface area contributed by atoms with Gasteiger partial charge in [-0.3, -0.25) is 0 Å². The molecule has 0 bridgehead atoms. The number of hydrogen-bond donors (Lipinski definition) is 0. The molecule has 0 unspecified atom stereocenters. The van der Waals surface area contributed by atoms with Crippen LogP contribution >= 0.6 is 22.7 Å². The maximum atomic E-state index is 10.1. The summed E-state index contributed by atoms with van der Waals surface area (Å²) in [5, 5.41) is 15.2. The molecule has 0 saturated heterocycles. The Balaban J connectivity index is 1.40. The minimum absolute atomic E-state index is 0.683. The van der Waals surface area contributed by atoms with E-state index < -0.39 is 0 Å². The van der Waals surface area contributed by atoms with Crippen molar-refractivity contribution in [3.05, 3.63) is 133 Å². The normalized spacial score (nSPS) is 11.5. The number of hydrogen-bond acceptors (Lipinski definition) is 3. The lowest BCUT2D eigenvalue weighted by Crippen LogP contribution is -1.91. The SMILES string of the molecule is N#Cc1ccccc1-c1cc(-c2ccc3sc4ccccc4c3c2)ccc1-c1cccc2sc3ccccc3c12. The van der Waals surface area contributed by atoms with Crippen molar-refractivity contribution in [1.29, 1.82) is 5.26 Å². The summed E-state index contributed by atoms with van der Waals surface area (Å²) in [4.78, 5) is 0. The first-order valence-electron chi connectivity index (χ1n) is 13.2. The highest BCUT2D eigenvalue weighted by atomic mass is 32.1. The molecule has 0 saturated carbocycles. The van der Waals surface area contributed by atoms with Gasteiger partial charge in [0.05, 0.1) is 11.6 Å². The second-order valence-corrected chi connectivity index (χ2v) is 12.2. The lowest BCUT2D eigenvalue weighted by Gasteiger charge is -2.15. The third-order valence-electron chi connectivity index (χ3n) is 7.76. The first-order valence-corrected chi connectivity index (χ1v) is 14.9. The zero-order valence-corrected chi connectivity index (χ0v) is 23.0. The van der Waals surface area contributed by atoms with Crippen LogP contribution in [0.15, 0.2) is 127 Å². The van der Waals surface area contributed by atoms with Crippen molar-refractivity contribution in [2.45, 2.75) is 0 Å². The Bertz CT molecular complexity index is 2290. The fraction of sp³-hybridized carbons (Fsp3) is 0. The minimum atomic E-state index is 0.683. The predicted octanol–water partition coefficient (Wildman–Crippen LogP) is 11.3. The number of nitriles is 1. The summed E-state index contributed by atoms with van der Waals surface area (Å²) in [5.74, 6) is 0. The first kappa shape index (κ1) is 23.2. The summed E-state index contributed by atoms with van der Waals surface area (Å²) in [6.45, 7) is 0. The zero-order chi connectivity index (χ0) is 26.6. The smallest absolute Gasteiger partial charge is 0.0998 e. The van der Waals surface area contributed by atoms with Gasteiger partial charge in [0, 0.05) is 45.9 Å². The van der Waals surface area contributed by atoms with E-state index in [1.807, 2.05) is 40.9 Å². The molecule has 0 radical (unpaired) electrons. The van der Waals surface area contributed by atoms with Crippen LogP contribution in [0.1, 0.15) is 5.56 Å². The van der Waals surface area contributed by atoms with Crippen LogP contribution in [0.5, 0.6) is 0 Å². The monoisotopic (exact) mass is 543 g/mol. The van der Waals surface area contributed by atoms with Gasteiger partial charge in [-0.2, -0.15) is 5.26 Å². The van der Waals surface area contributed by atoms with E-state index in [0.29, 0.717) is 5.56 Å². The Labute approximate surface area is 239 Å². The van der Waals surface area contributed by atoms with Gasteiger partial charge in [0.15, 0.2) is 0 Å². The molecule has 2 aromatic heterocycles. The Hall–Kier alpha value is -4.75. The summed E-state index contributed by atoms with van der Waals surface area (Å²) >= 11 is 3.67. The van der Waals surface area contributed by atoms with Crippen LogP contribution in [-0.4, -0.2) is 0 Å². The lowest BCUT2D eigenvalue weighted by atomic mass is 9.87. The number of nitrogens with zero attached hydrogens (tertiary/aromatic N) is 1. The van der Waals surface area contributed by atoms with Crippen LogP contribution in [0.3, 0.4) is 0 Å². The Morgan fingerprint density at radius 3 is 1.93 bits per heavy atom. The summed E-state index contributed by atoms with van der Waals surface area (Å²) < 4.78 is 5.17. The minimum Gasteiger partial charge on any atom is -0.192 e. The second-order valence-electron chi connectivity index (χ2n) is 10.0. The molecule has 3 heteroatoms. The third-order valence-corrected chi connectivity index (χ3v) is 10.0. The lowest BCUT2D eigenvalue weighted by molar-refractivity contribution is 1.48. The molecule has 2 heterocycles. The molecule has 8 rings (SSSR count). The van der Waals surface area contributed by atoms with E-state index in [1.165, 1.54) is 51.5 Å². The van der Waals surface area contributed by atoms with E-state index in [-0.39, 0.29) is 0 Å². The van der Waals surface area contributed by atoms with Gasteiger partial charge in [0.25, 0.3) is 0 Å². The molecule has 0 atom stereocenters.